The molecule has 1 unspecified atom stereocenters. The van der Waals surface area contributed by atoms with Gasteiger partial charge >= 0.3 is 11.9 Å². The fourth-order valence-corrected chi connectivity index (χ4v) is 4.35. The maximum Gasteiger partial charge on any atom is 0.305 e. The molecular weight excluding hydrogens is 568 g/mol. The maximum atomic E-state index is 12.4. The first kappa shape index (κ1) is 42.8. The van der Waals surface area contributed by atoms with Crippen molar-refractivity contribution in [2.45, 2.75) is 143 Å². The van der Waals surface area contributed by atoms with Crippen LogP contribution in [-0.2, 0) is 28.5 Å². The molecule has 7 nitrogen and oxygen atoms in total. The van der Waals surface area contributed by atoms with Gasteiger partial charge in [0.05, 0.1) is 45.4 Å². The Morgan fingerprint density at radius 2 is 1.11 bits per heavy atom. The van der Waals surface area contributed by atoms with E-state index in [1.807, 2.05) is 0 Å². The van der Waals surface area contributed by atoms with E-state index in [-0.39, 0.29) is 38.2 Å². The van der Waals surface area contributed by atoms with Crippen molar-refractivity contribution in [3.63, 3.8) is 0 Å². The van der Waals surface area contributed by atoms with Gasteiger partial charge in [0.25, 0.3) is 0 Å². The molecule has 0 aromatic heterocycles. The van der Waals surface area contributed by atoms with Gasteiger partial charge < -0.3 is 24.1 Å². The van der Waals surface area contributed by atoms with E-state index in [0.29, 0.717) is 26.1 Å². The summed E-state index contributed by atoms with van der Waals surface area (Å²) < 4.78 is 22.4. The van der Waals surface area contributed by atoms with E-state index in [1.165, 1.54) is 32.1 Å². The van der Waals surface area contributed by atoms with Crippen LogP contribution in [0.5, 0.6) is 0 Å². The molecule has 0 aliphatic carbocycles. The van der Waals surface area contributed by atoms with Crippen molar-refractivity contribution in [2.24, 2.45) is 5.92 Å². The SMILES string of the molecule is CC/C=C\CCOC(CCC(=O)OCC(CO)COC(=O)CCCCCCC/C=C\C/C=C\CCCCC)OCC/C=C\CC. The third-order valence-electron chi connectivity index (χ3n) is 7.12. The van der Waals surface area contributed by atoms with Gasteiger partial charge in [0, 0.05) is 12.8 Å². The Labute approximate surface area is 275 Å². The number of allylic oxidation sites excluding steroid dienone is 6. The van der Waals surface area contributed by atoms with Gasteiger partial charge in [-0.1, -0.05) is 101 Å². The zero-order chi connectivity index (χ0) is 33.1. The number of esters is 2. The molecule has 0 saturated carbocycles. The standard InChI is InChI=1S/C38H66O7/c1-4-7-10-13-14-15-16-17-18-19-20-21-22-23-24-27-36(40)44-33-35(32-39)34-45-37(41)28-29-38(42-30-25-11-8-5-2)43-31-26-12-9-6-3/h8-9,11-12,14-15,17-18,35,38-39H,4-7,10,13,16,19-34H2,1-3H3/b11-8-,12-9-,15-14-,18-17-. The van der Waals surface area contributed by atoms with E-state index in [4.69, 9.17) is 18.9 Å². The molecule has 0 aromatic carbocycles. The van der Waals surface area contributed by atoms with E-state index in [9.17, 15) is 14.7 Å². The predicted molar refractivity (Wildman–Crippen MR) is 185 cm³/mol. The average Bonchev–Trinajstić information content (AvgIpc) is 3.04. The van der Waals surface area contributed by atoms with Crippen molar-refractivity contribution >= 4 is 11.9 Å². The first-order valence-electron chi connectivity index (χ1n) is 17.8. The summed E-state index contributed by atoms with van der Waals surface area (Å²) in [6.07, 6.45) is 33.8. The molecule has 0 heterocycles. The molecule has 0 spiro atoms. The van der Waals surface area contributed by atoms with Gasteiger partial charge in [0.15, 0.2) is 6.29 Å². The Bertz CT molecular complexity index is 767. The highest BCUT2D eigenvalue weighted by Crippen LogP contribution is 2.11. The molecule has 260 valence electrons. The Kier molecular flexibility index (Phi) is 32.9. The minimum atomic E-state index is -0.480. The van der Waals surface area contributed by atoms with Crippen molar-refractivity contribution in [1.82, 2.24) is 0 Å². The fraction of sp³-hybridized carbons (Fsp3) is 0.737. The lowest BCUT2D eigenvalue weighted by atomic mass is 10.1. The molecule has 1 N–H and O–H groups in total. The number of unbranched alkanes of at least 4 members (excludes halogenated alkanes) is 8. The Hall–Kier alpha value is -2.22. The van der Waals surface area contributed by atoms with Crippen LogP contribution in [0.2, 0.25) is 0 Å². The molecule has 0 rings (SSSR count). The molecular formula is C38H66O7. The summed E-state index contributed by atoms with van der Waals surface area (Å²) in [4.78, 5) is 24.5. The van der Waals surface area contributed by atoms with Gasteiger partial charge in [-0.2, -0.15) is 0 Å². The van der Waals surface area contributed by atoms with Crippen LogP contribution in [0, 0.1) is 5.92 Å². The summed E-state index contributed by atoms with van der Waals surface area (Å²) >= 11 is 0. The van der Waals surface area contributed by atoms with Crippen LogP contribution < -0.4 is 0 Å². The fourth-order valence-electron chi connectivity index (χ4n) is 4.35. The van der Waals surface area contributed by atoms with Crippen molar-refractivity contribution in [1.29, 1.82) is 0 Å². The van der Waals surface area contributed by atoms with E-state index in [1.54, 1.807) is 0 Å². The second-order valence-corrected chi connectivity index (χ2v) is 11.4. The van der Waals surface area contributed by atoms with E-state index < -0.39 is 12.2 Å². The Balaban J connectivity index is 4.04. The lowest BCUT2D eigenvalue weighted by Gasteiger charge is -2.18. The summed E-state index contributed by atoms with van der Waals surface area (Å²) in [5.74, 6) is -1.11. The molecule has 0 aliphatic heterocycles. The molecule has 0 aromatic rings. The summed E-state index contributed by atoms with van der Waals surface area (Å²) in [5, 5.41) is 9.66. The second-order valence-electron chi connectivity index (χ2n) is 11.4. The number of hydrogen-bond acceptors (Lipinski definition) is 7. The third kappa shape index (κ3) is 31.5. The highest BCUT2D eigenvalue weighted by Gasteiger charge is 2.17. The number of aliphatic hydroxyl groups excluding tert-OH is 1. The average molecular weight is 635 g/mol. The summed E-state index contributed by atoms with van der Waals surface area (Å²) in [6.45, 7) is 7.26. The molecule has 45 heavy (non-hydrogen) atoms. The lowest BCUT2D eigenvalue weighted by molar-refractivity contribution is -0.159. The monoisotopic (exact) mass is 634 g/mol. The predicted octanol–water partition coefficient (Wildman–Crippen LogP) is 9.35. The zero-order valence-electron chi connectivity index (χ0n) is 28.9. The Morgan fingerprint density at radius 3 is 1.67 bits per heavy atom. The highest BCUT2D eigenvalue weighted by molar-refractivity contribution is 5.69. The molecule has 0 fully saturated rings. The number of aliphatic hydroxyl groups is 1. The number of hydrogen-bond donors (Lipinski definition) is 1. The highest BCUT2D eigenvalue weighted by atomic mass is 16.7. The van der Waals surface area contributed by atoms with Crippen LogP contribution in [0.15, 0.2) is 48.6 Å². The largest absolute Gasteiger partial charge is 0.465 e. The van der Waals surface area contributed by atoms with E-state index in [2.05, 4.69) is 69.4 Å². The van der Waals surface area contributed by atoms with Crippen molar-refractivity contribution in [3.05, 3.63) is 48.6 Å². The van der Waals surface area contributed by atoms with Gasteiger partial charge in [0.2, 0.25) is 0 Å². The molecule has 0 radical (unpaired) electrons. The molecule has 7 heteroatoms. The second kappa shape index (κ2) is 34.6. The molecule has 0 bridgehead atoms. The number of carbonyl (C=O) groups excluding carboxylic acids is 2. The maximum absolute atomic E-state index is 12.4. The number of rotatable bonds is 32. The molecule has 0 amide bonds. The summed E-state index contributed by atoms with van der Waals surface area (Å²) in [6, 6.07) is 0. The van der Waals surface area contributed by atoms with Gasteiger partial charge in [-0.15, -0.1) is 0 Å². The smallest absolute Gasteiger partial charge is 0.305 e. The van der Waals surface area contributed by atoms with Gasteiger partial charge in [-0.3, -0.25) is 9.59 Å². The van der Waals surface area contributed by atoms with Crippen molar-refractivity contribution in [3.8, 4) is 0 Å². The molecule has 1 atom stereocenters. The topological polar surface area (TPSA) is 91.3 Å². The van der Waals surface area contributed by atoms with Crippen LogP contribution in [-0.4, -0.2) is 56.4 Å². The lowest BCUT2D eigenvalue weighted by Crippen LogP contribution is -2.25. The Morgan fingerprint density at radius 1 is 0.600 bits per heavy atom. The summed E-state index contributed by atoms with van der Waals surface area (Å²) in [5.41, 5.74) is 0. The zero-order valence-corrected chi connectivity index (χ0v) is 28.9. The van der Waals surface area contributed by atoms with Crippen LogP contribution in [0.4, 0.5) is 0 Å². The van der Waals surface area contributed by atoms with E-state index in [0.717, 1.165) is 64.2 Å². The summed E-state index contributed by atoms with van der Waals surface area (Å²) in [7, 11) is 0. The van der Waals surface area contributed by atoms with Gasteiger partial charge in [-0.05, 0) is 64.2 Å². The van der Waals surface area contributed by atoms with Gasteiger partial charge in [0.1, 0.15) is 0 Å². The molecule has 0 aliphatic rings. The minimum absolute atomic E-state index is 0.00229. The quantitative estimate of drug-likeness (QED) is 0.0341. The van der Waals surface area contributed by atoms with Crippen molar-refractivity contribution in [2.75, 3.05) is 33.0 Å². The number of ether oxygens (including phenoxy) is 4. The van der Waals surface area contributed by atoms with E-state index >= 15 is 0 Å². The first-order chi connectivity index (χ1) is 22.1. The van der Waals surface area contributed by atoms with Crippen LogP contribution in [0.1, 0.15) is 136 Å². The van der Waals surface area contributed by atoms with Crippen LogP contribution >= 0.6 is 0 Å². The minimum Gasteiger partial charge on any atom is -0.465 e. The van der Waals surface area contributed by atoms with Crippen LogP contribution in [0.3, 0.4) is 0 Å². The van der Waals surface area contributed by atoms with Gasteiger partial charge in [-0.25, -0.2) is 0 Å². The molecule has 0 saturated heterocycles. The number of carbonyl (C=O) groups is 2. The third-order valence-corrected chi connectivity index (χ3v) is 7.12. The normalized spacial score (nSPS) is 12.8. The van der Waals surface area contributed by atoms with Crippen LogP contribution in [0.25, 0.3) is 0 Å². The first-order valence-corrected chi connectivity index (χ1v) is 17.8. The van der Waals surface area contributed by atoms with Crippen molar-refractivity contribution < 1.29 is 33.6 Å².